The van der Waals surface area contributed by atoms with E-state index in [0.717, 1.165) is 15.9 Å². The van der Waals surface area contributed by atoms with Gasteiger partial charge in [0.25, 0.3) is 0 Å². The van der Waals surface area contributed by atoms with Crippen LogP contribution in [0.5, 0.6) is 0 Å². The lowest BCUT2D eigenvalue weighted by atomic mass is 10.3. The molecule has 3 radical (unpaired) electrons. The van der Waals surface area contributed by atoms with Gasteiger partial charge in [0.2, 0.25) is 0 Å². The Morgan fingerprint density at radius 3 is 2.94 bits per heavy atom. The third-order valence-electron chi connectivity index (χ3n) is 1.86. The molecule has 0 aliphatic heterocycles. The van der Waals surface area contributed by atoms with E-state index in [2.05, 4.69) is 33.4 Å². The second-order valence-electron chi connectivity index (χ2n) is 3.09. The molecule has 0 aliphatic rings. The van der Waals surface area contributed by atoms with Crippen LogP contribution in [0.25, 0.3) is 10.2 Å². The standard InChI is InChI=1S/C10H10NS5Si/c17-7-3-6-12-15-16-14-10-11-8-4-1-2-5-9(8)13-10/h1-2,4-5H,3,6-7H2. The van der Waals surface area contributed by atoms with E-state index in [1.54, 1.807) is 32.0 Å². The molecule has 2 rings (SSSR count). The summed E-state index contributed by atoms with van der Waals surface area (Å²) >= 11 is 1.77. The summed E-state index contributed by atoms with van der Waals surface area (Å²) in [5.74, 6) is 1.20. The minimum absolute atomic E-state index is 1.09. The summed E-state index contributed by atoms with van der Waals surface area (Å²) in [6.45, 7) is 0. The number of hydrogen-bond donors (Lipinski definition) is 0. The molecule has 0 aliphatic carbocycles. The minimum Gasteiger partial charge on any atom is -0.229 e. The Balaban J connectivity index is 1.75. The van der Waals surface area contributed by atoms with Gasteiger partial charge in [-0.05, 0) is 49.0 Å². The molecule has 0 unspecified atom stereocenters. The number of benzene rings is 1. The van der Waals surface area contributed by atoms with Crippen LogP contribution in [0, 0.1) is 0 Å². The molecule has 2 aromatic rings. The molecule has 7 heteroatoms. The molecular weight excluding hydrogens is 323 g/mol. The van der Waals surface area contributed by atoms with Gasteiger partial charge in [0.1, 0.15) is 0 Å². The number of hydrogen-bond acceptors (Lipinski definition) is 6. The van der Waals surface area contributed by atoms with Crippen LogP contribution in [0.15, 0.2) is 28.6 Å². The van der Waals surface area contributed by atoms with E-state index in [0.29, 0.717) is 0 Å². The fourth-order valence-electron chi connectivity index (χ4n) is 1.11. The van der Waals surface area contributed by atoms with Crippen molar-refractivity contribution < 1.29 is 0 Å². The first kappa shape index (κ1) is 14.1. The highest BCUT2D eigenvalue weighted by Gasteiger charge is 2.04. The molecule has 1 heterocycles. The Hall–Kier alpha value is 0.727. The van der Waals surface area contributed by atoms with Crippen LogP contribution in [0.2, 0.25) is 6.04 Å². The van der Waals surface area contributed by atoms with Gasteiger partial charge in [-0.2, -0.15) is 0 Å². The highest BCUT2D eigenvalue weighted by molar-refractivity contribution is 9.26. The molecule has 1 aromatic carbocycles. The van der Waals surface area contributed by atoms with Gasteiger partial charge in [0.05, 0.1) is 10.2 Å². The van der Waals surface area contributed by atoms with Crippen molar-refractivity contribution in [1.29, 1.82) is 0 Å². The quantitative estimate of drug-likeness (QED) is 0.386. The maximum Gasteiger partial charge on any atom is 0.162 e. The first-order valence-corrected chi connectivity index (χ1v) is 11.5. The van der Waals surface area contributed by atoms with Crippen molar-refractivity contribution in [3.05, 3.63) is 24.3 Å². The lowest BCUT2D eigenvalue weighted by Crippen LogP contribution is -1.72. The van der Waals surface area contributed by atoms with Crippen LogP contribution in [0.4, 0.5) is 0 Å². The average molecular weight is 333 g/mol. The summed E-state index contributed by atoms with van der Waals surface area (Å²) in [7, 11) is 10.8. The average Bonchev–Trinajstić information content (AvgIpc) is 2.76. The van der Waals surface area contributed by atoms with Crippen LogP contribution in [0.3, 0.4) is 0 Å². The molecule has 1 nitrogen and oxygen atoms in total. The largest absolute Gasteiger partial charge is 0.229 e. The number of para-hydroxylation sites is 1. The Morgan fingerprint density at radius 1 is 1.24 bits per heavy atom. The molecule has 1 aromatic heterocycles. The number of rotatable bonds is 7. The highest BCUT2D eigenvalue weighted by atomic mass is 33.7. The molecule has 0 saturated heterocycles. The SMILES string of the molecule is [Si]CCCSSSSc1nc2ccccc2s1. The van der Waals surface area contributed by atoms with Crippen molar-refractivity contribution in [2.24, 2.45) is 0 Å². The van der Waals surface area contributed by atoms with Gasteiger partial charge in [0, 0.05) is 16.0 Å². The van der Waals surface area contributed by atoms with Crippen molar-refractivity contribution in [1.82, 2.24) is 4.98 Å². The van der Waals surface area contributed by atoms with E-state index in [4.69, 9.17) is 0 Å². The van der Waals surface area contributed by atoms with E-state index in [9.17, 15) is 0 Å². The molecule has 0 atom stereocenters. The normalized spacial score (nSPS) is 11.1. The fourth-order valence-corrected chi connectivity index (χ4v) is 8.89. The third kappa shape index (κ3) is 4.72. The van der Waals surface area contributed by atoms with Crippen molar-refractivity contribution in [2.75, 3.05) is 5.75 Å². The second-order valence-corrected chi connectivity index (χ2v) is 10.8. The van der Waals surface area contributed by atoms with Crippen LogP contribution in [-0.2, 0) is 0 Å². The van der Waals surface area contributed by atoms with E-state index in [-0.39, 0.29) is 0 Å². The zero-order valence-corrected chi connectivity index (χ0v) is 14.0. The molecule has 0 bridgehead atoms. The van der Waals surface area contributed by atoms with E-state index in [1.807, 2.05) is 26.7 Å². The summed E-state index contributed by atoms with van der Waals surface area (Å²) in [5, 5.41) is 0. The Kier molecular flexibility index (Phi) is 6.66. The summed E-state index contributed by atoms with van der Waals surface area (Å²) < 4.78 is 2.41. The lowest BCUT2D eigenvalue weighted by molar-refractivity contribution is 1.10. The summed E-state index contributed by atoms with van der Waals surface area (Å²) in [5.41, 5.74) is 1.11. The van der Waals surface area contributed by atoms with Crippen molar-refractivity contribution in [3.8, 4) is 0 Å². The van der Waals surface area contributed by atoms with Gasteiger partial charge in [-0.1, -0.05) is 29.0 Å². The molecular formula is C10H10NS5Si. The van der Waals surface area contributed by atoms with Gasteiger partial charge in [-0.3, -0.25) is 0 Å². The van der Waals surface area contributed by atoms with E-state index in [1.165, 1.54) is 16.9 Å². The minimum atomic E-state index is 1.09. The number of thiazole rings is 1. The number of fused-ring (bicyclic) bond motifs is 1. The van der Waals surface area contributed by atoms with Crippen molar-refractivity contribution >= 4 is 73.0 Å². The van der Waals surface area contributed by atoms with E-state index >= 15 is 0 Å². The molecule has 17 heavy (non-hydrogen) atoms. The van der Waals surface area contributed by atoms with Gasteiger partial charge in [0.15, 0.2) is 4.34 Å². The summed E-state index contributed by atoms with van der Waals surface area (Å²) in [4.78, 5) is 4.58. The fraction of sp³-hybridized carbons (Fsp3) is 0.300. The second kappa shape index (κ2) is 8.01. The van der Waals surface area contributed by atoms with Crippen molar-refractivity contribution in [2.45, 2.75) is 16.8 Å². The van der Waals surface area contributed by atoms with Gasteiger partial charge < -0.3 is 0 Å². The topological polar surface area (TPSA) is 12.9 Å². The summed E-state index contributed by atoms with van der Waals surface area (Å²) in [6, 6.07) is 9.38. The van der Waals surface area contributed by atoms with Crippen LogP contribution >= 0.6 is 52.6 Å². The highest BCUT2D eigenvalue weighted by Crippen LogP contribution is 2.48. The molecule has 89 valence electrons. The Bertz CT molecular complexity index is 428. The lowest BCUT2D eigenvalue weighted by Gasteiger charge is -1.96. The maximum absolute atomic E-state index is 4.58. The number of nitrogens with zero attached hydrogens (tertiary/aromatic N) is 1. The maximum atomic E-state index is 4.58. The third-order valence-corrected chi connectivity index (χ3v) is 9.88. The smallest absolute Gasteiger partial charge is 0.162 e. The van der Waals surface area contributed by atoms with Gasteiger partial charge in [-0.25, -0.2) is 4.98 Å². The first-order valence-electron chi connectivity index (χ1n) is 5.03. The molecule has 0 N–H and O–H groups in total. The molecule has 0 amide bonds. The molecule has 0 saturated carbocycles. The zero-order chi connectivity index (χ0) is 11.9. The molecule has 0 spiro atoms. The monoisotopic (exact) mass is 332 g/mol. The number of aromatic nitrogens is 1. The van der Waals surface area contributed by atoms with Crippen LogP contribution in [-0.4, -0.2) is 21.0 Å². The van der Waals surface area contributed by atoms with Gasteiger partial charge in [-0.15, -0.1) is 11.3 Å². The Labute approximate surface area is 124 Å². The zero-order valence-electron chi connectivity index (χ0n) is 8.92. The predicted octanol–water partition coefficient (Wildman–Crippen LogP) is 5.31. The molecule has 0 fully saturated rings. The Morgan fingerprint density at radius 2 is 2.12 bits per heavy atom. The van der Waals surface area contributed by atoms with Gasteiger partial charge >= 0.3 is 0 Å². The first-order chi connectivity index (χ1) is 8.40. The van der Waals surface area contributed by atoms with Crippen LogP contribution in [0.1, 0.15) is 6.42 Å². The van der Waals surface area contributed by atoms with Crippen LogP contribution < -0.4 is 0 Å². The van der Waals surface area contributed by atoms with Crippen molar-refractivity contribution in [3.63, 3.8) is 0 Å². The predicted molar refractivity (Wildman–Crippen MR) is 88.3 cm³/mol. The summed E-state index contributed by atoms with van der Waals surface area (Å²) in [6.07, 6.45) is 1.22. The van der Waals surface area contributed by atoms with E-state index < -0.39 is 0 Å².